The molecular weight excluding hydrogens is 462 g/mol. The third kappa shape index (κ3) is 5.56. The van der Waals surface area contributed by atoms with Crippen molar-refractivity contribution in [3.63, 3.8) is 0 Å². The Morgan fingerprint density at radius 2 is 1.79 bits per heavy atom. The molecule has 0 aliphatic carbocycles. The zero-order chi connectivity index (χ0) is 23.3. The smallest absolute Gasteiger partial charge is 0.240 e. The Kier molecular flexibility index (Phi) is 7.02. The lowest BCUT2D eigenvalue weighted by atomic mass is 10.1. The number of methoxy groups -OCH3 is 1. The molecule has 0 spiro atoms. The van der Waals surface area contributed by atoms with Gasteiger partial charge in [-0.2, -0.15) is 9.61 Å². The van der Waals surface area contributed by atoms with Gasteiger partial charge >= 0.3 is 0 Å². The van der Waals surface area contributed by atoms with Crippen molar-refractivity contribution in [2.24, 2.45) is 0 Å². The van der Waals surface area contributed by atoms with Gasteiger partial charge in [-0.1, -0.05) is 30.0 Å². The van der Waals surface area contributed by atoms with E-state index >= 15 is 0 Å². The Bertz CT molecular complexity index is 1360. The molecule has 170 valence electrons. The molecule has 0 aliphatic rings. The number of benzene rings is 2. The number of thioether (sulfide) groups is 1. The van der Waals surface area contributed by atoms with Gasteiger partial charge in [0.2, 0.25) is 10.0 Å². The number of carbonyl (C=O) groups is 1. The molecular formula is C22H21N5O4S2. The summed E-state index contributed by atoms with van der Waals surface area (Å²) in [6.07, 6.45) is 0.305. The van der Waals surface area contributed by atoms with Crippen LogP contribution in [-0.2, 0) is 16.4 Å². The summed E-state index contributed by atoms with van der Waals surface area (Å²) in [4.78, 5) is 12.7. The maximum Gasteiger partial charge on any atom is 0.240 e. The minimum Gasteiger partial charge on any atom is -0.497 e. The minimum absolute atomic E-state index is 0.0242. The van der Waals surface area contributed by atoms with E-state index in [-0.39, 0.29) is 23.0 Å². The molecule has 0 saturated carbocycles. The Morgan fingerprint density at radius 3 is 2.52 bits per heavy atom. The topological polar surface area (TPSA) is 116 Å². The maximum atomic E-state index is 12.5. The molecule has 33 heavy (non-hydrogen) atoms. The van der Waals surface area contributed by atoms with Gasteiger partial charge in [0.05, 0.1) is 17.8 Å². The first-order chi connectivity index (χ1) is 16.0. The number of fused-ring (bicyclic) bond motifs is 1. The average Bonchev–Trinajstić information content (AvgIpc) is 3.25. The summed E-state index contributed by atoms with van der Waals surface area (Å²) in [6, 6.07) is 18.7. The molecule has 4 aromatic rings. The van der Waals surface area contributed by atoms with Gasteiger partial charge in [0.15, 0.2) is 17.3 Å². The van der Waals surface area contributed by atoms with E-state index < -0.39 is 10.0 Å². The number of aromatic nitrogens is 4. The highest BCUT2D eigenvalue weighted by atomic mass is 32.2. The lowest BCUT2D eigenvalue weighted by Crippen LogP contribution is -2.26. The molecule has 2 aromatic heterocycles. The van der Waals surface area contributed by atoms with Gasteiger partial charge in [0.25, 0.3) is 0 Å². The van der Waals surface area contributed by atoms with Crippen LogP contribution in [0.2, 0.25) is 0 Å². The average molecular weight is 484 g/mol. The number of hydrogen-bond acceptors (Lipinski definition) is 8. The number of carbonyl (C=O) groups excluding carboxylic acids is 1. The van der Waals surface area contributed by atoms with E-state index in [2.05, 4.69) is 20.0 Å². The molecule has 11 heteroatoms. The fraction of sp³-hybridized carbons (Fsp3) is 0.182. The van der Waals surface area contributed by atoms with Crippen LogP contribution in [-0.4, -0.2) is 53.4 Å². The second kappa shape index (κ2) is 10.1. The maximum absolute atomic E-state index is 12.5. The van der Waals surface area contributed by atoms with Crippen LogP contribution in [0.25, 0.3) is 5.65 Å². The second-order valence-electron chi connectivity index (χ2n) is 6.96. The van der Waals surface area contributed by atoms with Crippen molar-refractivity contribution in [2.45, 2.75) is 16.3 Å². The molecule has 2 heterocycles. The van der Waals surface area contributed by atoms with E-state index in [0.717, 1.165) is 0 Å². The monoisotopic (exact) mass is 483 g/mol. The molecule has 0 bridgehead atoms. The Morgan fingerprint density at radius 1 is 1.03 bits per heavy atom. The lowest BCUT2D eigenvalue weighted by Gasteiger charge is -2.06. The van der Waals surface area contributed by atoms with Crippen molar-refractivity contribution < 1.29 is 17.9 Å². The molecule has 0 radical (unpaired) electrons. The van der Waals surface area contributed by atoms with Crippen LogP contribution in [0, 0.1) is 0 Å². The predicted octanol–water partition coefficient (Wildman–Crippen LogP) is 2.63. The van der Waals surface area contributed by atoms with Crippen LogP contribution in [0.3, 0.4) is 0 Å². The van der Waals surface area contributed by atoms with Gasteiger partial charge in [0, 0.05) is 18.5 Å². The first-order valence-corrected chi connectivity index (χ1v) is 12.5. The summed E-state index contributed by atoms with van der Waals surface area (Å²) in [5.74, 6) is 1.41. The first-order valence-electron chi connectivity index (χ1n) is 10.0. The number of ether oxygens (including phenoxy) is 1. The summed E-state index contributed by atoms with van der Waals surface area (Å²) in [7, 11) is -2.03. The zero-order valence-corrected chi connectivity index (χ0v) is 19.3. The molecule has 1 N–H and O–H groups in total. The second-order valence-corrected chi connectivity index (χ2v) is 9.72. The Labute approximate surface area is 195 Å². The highest BCUT2D eigenvalue weighted by Gasteiger charge is 2.15. The van der Waals surface area contributed by atoms with Crippen molar-refractivity contribution in [2.75, 3.05) is 19.4 Å². The van der Waals surface area contributed by atoms with Gasteiger partial charge < -0.3 is 4.74 Å². The van der Waals surface area contributed by atoms with Crippen LogP contribution < -0.4 is 9.46 Å². The van der Waals surface area contributed by atoms with E-state index in [9.17, 15) is 13.2 Å². The molecule has 0 atom stereocenters. The first kappa shape index (κ1) is 22.9. The fourth-order valence-corrected chi connectivity index (χ4v) is 4.83. The zero-order valence-electron chi connectivity index (χ0n) is 17.7. The number of hydrogen-bond donors (Lipinski definition) is 1. The largest absolute Gasteiger partial charge is 0.497 e. The molecule has 0 saturated heterocycles. The third-order valence-corrected chi connectivity index (χ3v) is 7.16. The van der Waals surface area contributed by atoms with Crippen LogP contribution >= 0.6 is 11.8 Å². The number of sulfonamides is 1. The van der Waals surface area contributed by atoms with Gasteiger partial charge in [0.1, 0.15) is 10.8 Å². The van der Waals surface area contributed by atoms with Crippen LogP contribution in [0.1, 0.15) is 16.2 Å². The molecule has 0 fully saturated rings. The standard InChI is InChI=1S/C22H21N5O4S2/c1-31-17-9-7-16(8-10-17)19(28)15-32-22-12-11-20-24-25-21(27(20)26-22)13-14-23-33(29,30)18-5-3-2-4-6-18/h2-12,23H,13-15H2,1H3. The molecule has 9 nitrogen and oxygen atoms in total. The van der Waals surface area contributed by atoms with E-state index in [0.29, 0.717) is 34.2 Å². The summed E-state index contributed by atoms with van der Waals surface area (Å²) in [6.45, 7) is 0.146. The lowest BCUT2D eigenvalue weighted by molar-refractivity contribution is 0.102. The van der Waals surface area contributed by atoms with Crippen molar-refractivity contribution >= 4 is 33.2 Å². The number of nitrogens with one attached hydrogen (secondary N) is 1. The van der Waals surface area contributed by atoms with E-state index in [4.69, 9.17) is 4.74 Å². The fourth-order valence-electron chi connectivity index (χ4n) is 3.03. The molecule has 0 unspecified atom stereocenters. The molecule has 2 aromatic carbocycles. The summed E-state index contributed by atoms with van der Waals surface area (Å²) >= 11 is 1.31. The molecule has 0 aliphatic heterocycles. The highest BCUT2D eigenvalue weighted by molar-refractivity contribution is 7.99. The normalized spacial score (nSPS) is 11.5. The number of rotatable bonds is 10. The van der Waals surface area contributed by atoms with E-state index in [1.165, 1.54) is 23.9 Å². The summed E-state index contributed by atoms with van der Waals surface area (Å²) < 4.78 is 34.0. The predicted molar refractivity (Wildman–Crippen MR) is 124 cm³/mol. The SMILES string of the molecule is COc1ccc(C(=O)CSc2ccc3nnc(CCNS(=O)(=O)c4ccccc4)n3n2)cc1. The quantitative estimate of drug-likeness (QED) is 0.270. The number of ketones is 1. The summed E-state index contributed by atoms with van der Waals surface area (Å²) in [5, 5.41) is 13.3. The third-order valence-electron chi connectivity index (χ3n) is 4.76. The van der Waals surface area contributed by atoms with Crippen molar-refractivity contribution in [1.29, 1.82) is 0 Å². The van der Waals surface area contributed by atoms with Gasteiger partial charge in [-0.15, -0.1) is 10.2 Å². The van der Waals surface area contributed by atoms with Crippen LogP contribution in [0.15, 0.2) is 76.7 Å². The molecule has 4 rings (SSSR count). The van der Waals surface area contributed by atoms with Gasteiger partial charge in [-0.3, -0.25) is 4.79 Å². The van der Waals surface area contributed by atoms with Gasteiger partial charge in [-0.05, 0) is 48.5 Å². The number of nitrogens with zero attached hydrogens (tertiary/aromatic N) is 4. The van der Waals surface area contributed by atoms with E-state index in [1.54, 1.807) is 66.2 Å². The summed E-state index contributed by atoms with van der Waals surface area (Å²) in [5.41, 5.74) is 1.14. The Balaban J connectivity index is 1.39. The van der Waals surface area contributed by atoms with E-state index in [1.807, 2.05) is 0 Å². The van der Waals surface area contributed by atoms with Gasteiger partial charge in [-0.25, -0.2) is 13.1 Å². The highest BCUT2D eigenvalue weighted by Crippen LogP contribution is 2.19. The minimum atomic E-state index is -3.60. The van der Waals surface area contributed by atoms with Crippen LogP contribution in [0.5, 0.6) is 5.75 Å². The number of Topliss-reactive ketones (excluding diaryl/α,β-unsaturated/α-hetero) is 1. The van der Waals surface area contributed by atoms with Crippen LogP contribution in [0.4, 0.5) is 0 Å². The molecule has 0 amide bonds. The van der Waals surface area contributed by atoms with Crippen molar-refractivity contribution in [3.8, 4) is 5.75 Å². The Hall–Kier alpha value is -3.28. The van der Waals surface area contributed by atoms with Crippen molar-refractivity contribution in [1.82, 2.24) is 24.5 Å². The van der Waals surface area contributed by atoms with Crippen molar-refractivity contribution in [3.05, 3.63) is 78.1 Å².